The molecule has 1 aliphatic heterocycles. The van der Waals surface area contributed by atoms with E-state index in [0.29, 0.717) is 12.5 Å². The van der Waals surface area contributed by atoms with Crippen LogP contribution in [0.4, 0.5) is 5.69 Å². The number of carbonyl (C=O) groups is 1. The number of hydrogen-bond acceptors (Lipinski definition) is 4. The van der Waals surface area contributed by atoms with Gasteiger partial charge in [0.15, 0.2) is 5.96 Å². The zero-order chi connectivity index (χ0) is 13.2. The summed E-state index contributed by atoms with van der Waals surface area (Å²) < 4.78 is 0. The Morgan fingerprint density at radius 3 is 2.58 bits per heavy atom. The summed E-state index contributed by atoms with van der Waals surface area (Å²) in [5.74, 6) is 0.849. The molecular formula is C14H18N4O. The Kier molecular flexibility index (Phi) is 3.11. The molecule has 1 fully saturated rings. The molecule has 1 unspecified atom stereocenters. The van der Waals surface area contributed by atoms with Crippen LogP contribution in [0.5, 0.6) is 0 Å². The molecule has 100 valence electrons. The largest absolute Gasteiger partial charge is 0.370 e. The summed E-state index contributed by atoms with van der Waals surface area (Å²) >= 11 is 0. The van der Waals surface area contributed by atoms with Gasteiger partial charge in [0, 0.05) is 11.6 Å². The van der Waals surface area contributed by atoms with Crippen molar-refractivity contribution in [2.24, 2.45) is 16.6 Å². The molecule has 0 spiro atoms. The smallest absolute Gasteiger partial charge is 0.227 e. The van der Waals surface area contributed by atoms with Crippen LogP contribution in [0.2, 0.25) is 0 Å². The molecule has 0 bridgehead atoms. The minimum Gasteiger partial charge on any atom is -0.370 e. The van der Waals surface area contributed by atoms with Crippen molar-refractivity contribution in [2.45, 2.75) is 25.3 Å². The number of nitrogens with two attached hydrogens (primary N) is 1. The predicted molar refractivity (Wildman–Crippen MR) is 74.8 cm³/mol. The number of rotatable bonds is 3. The lowest BCUT2D eigenvalue weighted by molar-refractivity contribution is -0.122. The van der Waals surface area contributed by atoms with Crippen LogP contribution >= 0.6 is 0 Å². The normalized spacial score (nSPS) is 22.3. The van der Waals surface area contributed by atoms with Crippen molar-refractivity contribution >= 4 is 17.6 Å². The first-order valence-electron chi connectivity index (χ1n) is 6.69. The van der Waals surface area contributed by atoms with Gasteiger partial charge in [-0.15, -0.1) is 0 Å². The van der Waals surface area contributed by atoms with Crippen molar-refractivity contribution in [3.8, 4) is 0 Å². The standard InChI is InChI=1S/C14H18N4O/c15-14-16-8-12(18-14)9-4-6-11(7-5-9)17-13(19)10-2-1-3-10/h4-7,10,12H,1-3,8H2,(H,17,19)(H3,15,16,18). The third-order valence-corrected chi connectivity index (χ3v) is 3.82. The third kappa shape index (κ3) is 2.54. The second-order valence-corrected chi connectivity index (χ2v) is 5.16. The minimum absolute atomic E-state index is 0.144. The fourth-order valence-corrected chi connectivity index (χ4v) is 2.36. The van der Waals surface area contributed by atoms with Gasteiger partial charge in [-0.25, -0.2) is 0 Å². The molecular weight excluding hydrogens is 240 g/mol. The van der Waals surface area contributed by atoms with Crippen molar-refractivity contribution in [1.82, 2.24) is 5.32 Å². The predicted octanol–water partition coefficient (Wildman–Crippen LogP) is 1.38. The van der Waals surface area contributed by atoms with Gasteiger partial charge in [0.2, 0.25) is 5.91 Å². The molecule has 2 aliphatic rings. The van der Waals surface area contributed by atoms with E-state index in [1.807, 2.05) is 24.3 Å². The molecule has 5 nitrogen and oxygen atoms in total. The molecule has 4 N–H and O–H groups in total. The first-order valence-corrected chi connectivity index (χ1v) is 6.69. The van der Waals surface area contributed by atoms with Crippen LogP contribution in [-0.2, 0) is 4.79 Å². The molecule has 3 rings (SSSR count). The number of amides is 1. The Labute approximate surface area is 112 Å². The van der Waals surface area contributed by atoms with Gasteiger partial charge in [-0.05, 0) is 30.5 Å². The Morgan fingerprint density at radius 1 is 1.32 bits per heavy atom. The highest BCUT2D eigenvalue weighted by molar-refractivity contribution is 5.93. The topological polar surface area (TPSA) is 79.5 Å². The van der Waals surface area contributed by atoms with Gasteiger partial charge >= 0.3 is 0 Å². The minimum atomic E-state index is 0.144. The van der Waals surface area contributed by atoms with E-state index in [1.165, 1.54) is 6.42 Å². The molecule has 1 atom stereocenters. The average Bonchev–Trinajstić information content (AvgIpc) is 2.74. The van der Waals surface area contributed by atoms with E-state index >= 15 is 0 Å². The molecule has 5 heteroatoms. The number of benzene rings is 1. The fraction of sp³-hybridized carbons (Fsp3) is 0.429. The molecule has 1 aromatic carbocycles. The number of anilines is 1. The second kappa shape index (κ2) is 4.91. The van der Waals surface area contributed by atoms with E-state index < -0.39 is 0 Å². The molecule has 1 aromatic rings. The SMILES string of the molecule is NC1=NCC(c2ccc(NC(=O)C3CCC3)cc2)N1. The summed E-state index contributed by atoms with van der Waals surface area (Å²) in [6.07, 6.45) is 3.21. The molecule has 0 aromatic heterocycles. The summed E-state index contributed by atoms with van der Waals surface area (Å²) in [5.41, 5.74) is 7.58. The summed E-state index contributed by atoms with van der Waals surface area (Å²) in [7, 11) is 0. The summed E-state index contributed by atoms with van der Waals surface area (Å²) in [6, 6.07) is 8.02. The summed E-state index contributed by atoms with van der Waals surface area (Å²) in [5, 5.41) is 6.07. The van der Waals surface area contributed by atoms with Gasteiger partial charge in [0.1, 0.15) is 0 Å². The molecule has 1 aliphatic carbocycles. The first kappa shape index (κ1) is 12.0. The van der Waals surface area contributed by atoms with Gasteiger partial charge in [-0.1, -0.05) is 18.6 Å². The highest BCUT2D eigenvalue weighted by atomic mass is 16.1. The zero-order valence-corrected chi connectivity index (χ0v) is 10.7. The van der Waals surface area contributed by atoms with Crippen LogP contribution in [0.25, 0.3) is 0 Å². The van der Waals surface area contributed by atoms with E-state index in [-0.39, 0.29) is 17.9 Å². The van der Waals surface area contributed by atoms with E-state index in [0.717, 1.165) is 24.1 Å². The number of nitrogens with one attached hydrogen (secondary N) is 2. The van der Waals surface area contributed by atoms with E-state index in [4.69, 9.17) is 5.73 Å². The summed E-state index contributed by atoms with van der Waals surface area (Å²) in [6.45, 7) is 0.666. The number of aliphatic imine (C=N–C) groups is 1. The number of nitrogens with zero attached hydrogens (tertiary/aromatic N) is 1. The van der Waals surface area contributed by atoms with Crippen molar-refractivity contribution in [3.05, 3.63) is 29.8 Å². The lowest BCUT2D eigenvalue weighted by Gasteiger charge is -2.24. The van der Waals surface area contributed by atoms with E-state index in [2.05, 4.69) is 15.6 Å². The maximum absolute atomic E-state index is 11.8. The Bertz CT molecular complexity index is 505. The Hall–Kier alpha value is -2.04. The number of carbonyl (C=O) groups excluding carboxylic acids is 1. The third-order valence-electron chi connectivity index (χ3n) is 3.82. The molecule has 0 radical (unpaired) electrons. The van der Waals surface area contributed by atoms with Crippen molar-refractivity contribution in [3.63, 3.8) is 0 Å². The number of hydrogen-bond donors (Lipinski definition) is 3. The van der Waals surface area contributed by atoms with Crippen molar-refractivity contribution in [1.29, 1.82) is 0 Å². The lowest BCUT2D eigenvalue weighted by Crippen LogP contribution is -2.29. The fourth-order valence-electron chi connectivity index (χ4n) is 2.36. The van der Waals surface area contributed by atoms with E-state index in [1.54, 1.807) is 0 Å². The monoisotopic (exact) mass is 258 g/mol. The Morgan fingerprint density at radius 2 is 2.05 bits per heavy atom. The van der Waals surface area contributed by atoms with Gasteiger partial charge in [0.05, 0.1) is 12.6 Å². The van der Waals surface area contributed by atoms with Crippen LogP contribution in [0.15, 0.2) is 29.3 Å². The quantitative estimate of drug-likeness (QED) is 0.766. The molecule has 1 saturated carbocycles. The molecule has 1 amide bonds. The first-order chi connectivity index (χ1) is 9.22. The average molecular weight is 258 g/mol. The highest BCUT2D eigenvalue weighted by Gasteiger charge is 2.25. The maximum atomic E-state index is 11.8. The van der Waals surface area contributed by atoms with Crippen LogP contribution in [0.1, 0.15) is 30.9 Å². The van der Waals surface area contributed by atoms with Gasteiger partial charge < -0.3 is 16.4 Å². The maximum Gasteiger partial charge on any atom is 0.227 e. The molecule has 19 heavy (non-hydrogen) atoms. The Balaban J connectivity index is 1.61. The lowest BCUT2D eigenvalue weighted by atomic mass is 9.85. The van der Waals surface area contributed by atoms with E-state index in [9.17, 15) is 4.79 Å². The second-order valence-electron chi connectivity index (χ2n) is 5.16. The molecule has 1 heterocycles. The van der Waals surface area contributed by atoms with Crippen LogP contribution < -0.4 is 16.4 Å². The van der Waals surface area contributed by atoms with Crippen molar-refractivity contribution in [2.75, 3.05) is 11.9 Å². The zero-order valence-electron chi connectivity index (χ0n) is 10.7. The van der Waals surface area contributed by atoms with Crippen LogP contribution in [-0.4, -0.2) is 18.4 Å². The molecule has 0 saturated heterocycles. The highest BCUT2D eigenvalue weighted by Crippen LogP contribution is 2.28. The van der Waals surface area contributed by atoms with Crippen LogP contribution in [0.3, 0.4) is 0 Å². The van der Waals surface area contributed by atoms with Crippen molar-refractivity contribution < 1.29 is 4.79 Å². The van der Waals surface area contributed by atoms with Gasteiger partial charge in [-0.2, -0.15) is 0 Å². The summed E-state index contributed by atoms with van der Waals surface area (Å²) in [4.78, 5) is 15.9. The van der Waals surface area contributed by atoms with Gasteiger partial charge in [-0.3, -0.25) is 9.79 Å². The van der Waals surface area contributed by atoms with Crippen LogP contribution in [0, 0.1) is 5.92 Å². The van der Waals surface area contributed by atoms with Gasteiger partial charge in [0.25, 0.3) is 0 Å². The number of guanidine groups is 1.